The predicted molar refractivity (Wildman–Crippen MR) is 89.1 cm³/mol. The Balaban J connectivity index is 2.00. The van der Waals surface area contributed by atoms with Crippen molar-refractivity contribution < 1.29 is 9.53 Å². The fourth-order valence-electron chi connectivity index (χ4n) is 1.77. The Labute approximate surface area is 137 Å². The second-order valence-corrected chi connectivity index (χ2v) is 6.01. The van der Waals surface area contributed by atoms with Gasteiger partial charge in [0.1, 0.15) is 5.75 Å². The van der Waals surface area contributed by atoms with Crippen LogP contribution < -0.4 is 10.1 Å². The predicted octanol–water partition coefficient (Wildman–Crippen LogP) is 4.82. The molecule has 0 aliphatic rings. The van der Waals surface area contributed by atoms with Crippen molar-refractivity contribution in [2.24, 2.45) is 0 Å². The monoisotopic (exact) mass is 367 g/mol. The Hall–Kier alpha value is -1.52. The van der Waals surface area contributed by atoms with Crippen molar-refractivity contribution in [3.05, 3.63) is 57.5 Å². The number of nitrogens with one attached hydrogen (secondary N) is 1. The van der Waals surface area contributed by atoms with Gasteiger partial charge in [0, 0.05) is 15.2 Å². The van der Waals surface area contributed by atoms with E-state index in [0.29, 0.717) is 10.8 Å². The molecule has 0 unspecified atom stereocenters. The van der Waals surface area contributed by atoms with E-state index in [0.717, 1.165) is 15.7 Å². The molecule has 110 valence electrons. The molecule has 1 atom stereocenters. The van der Waals surface area contributed by atoms with Crippen LogP contribution in [0.2, 0.25) is 5.02 Å². The molecule has 2 aromatic rings. The molecule has 21 heavy (non-hydrogen) atoms. The van der Waals surface area contributed by atoms with E-state index in [-0.39, 0.29) is 5.91 Å². The number of amides is 1. The van der Waals surface area contributed by atoms with Gasteiger partial charge in [0.05, 0.1) is 0 Å². The molecular formula is C16H15BrClNO2. The minimum absolute atomic E-state index is 0.205. The van der Waals surface area contributed by atoms with Gasteiger partial charge in [-0.3, -0.25) is 4.79 Å². The Morgan fingerprint density at radius 1 is 1.24 bits per heavy atom. The third kappa shape index (κ3) is 4.48. The molecule has 0 fully saturated rings. The van der Waals surface area contributed by atoms with E-state index in [2.05, 4.69) is 21.2 Å². The molecule has 1 amide bonds. The molecular weight excluding hydrogens is 354 g/mol. The average molecular weight is 369 g/mol. The third-order valence-electron chi connectivity index (χ3n) is 2.94. The molecule has 0 aliphatic carbocycles. The molecule has 0 radical (unpaired) electrons. The Morgan fingerprint density at radius 2 is 1.90 bits per heavy atom. The van der Waals surface area contributed by atoms with Crippen LogP contribution in [0.5, 0.6) is 5.75 Å². The number of carbonyl (C=O) groups excluding carboxylic acids is 1. The molecule has 0 aliphatic heterocycles. The first-order valence-electron chi connectivity index (χ1n) is 6.45. The summed E-state index contributed by atoms with van der Waals surface area (Å²) >= 11 is 9.25. The van der Waals surface area contributed by atoms with Crippen molar-refractivity contribution in [2.75, 3.05) is 5.32 Å². The average Bonchev–Trinajstić information content (AvgIpc) is 2.44. The third-order valence-corrected chi connectivity index (χ3v) is 3.71. The molecule has 2 rings (SSSR count). The molecule has 0 spiro atoms. The molecule has 0 bridgehead atoms. The quantitative estimate of drug-likeness (QED) is 0.840. The van der Waals surface area contributed by atoms with Crippen molar-refractivity contribution >= 4 is 39.1 Å². The van der Waals surface area contributed by atoms with E-state index in [1.807, 2.05) is 19.1 Å². The number of halogens is 2. The molecule has 2 aromatic carbocycles. The van der Waals surface area contributed by atoms with Gasteiger partial charge in [0.25, 0.3) is 5.91 Å². The second-order valence-electron chi connectivity index (χ2n) is 4.66. The molecule has 1 N–H and O–H groups in total. The van der Waals surface area contributed by atoms with Crippen molar-refractivity contribution in [1.82, 2.24) is 0 Å². The highest BCUT2D eigenvalue weighted by atomic mass is 79.9. The summed E-state index contributed by atoms with van der Waals surface area (Å²) in [5.74, 6) is 0.442. The van der Waals surface area contributed by atoms with Crippen LogP contribution in [-0.2, 0) is 4.79 Å². The molecule has 0 heterocycles. The normalized spacial score (nSPS) is 11.8. The van der Waals surface area contributed by atoms with E-state index < -0.39 is 6.10 Å². The Bertz CT molecular complexity index is 643. The summed E-state index contributed by atoms with van der Waals surface area (Å²) in [6.07, 6.45) is -0.596. The van der Waals surface area contributed by atoms with Crippen LogP contribution in [0.1, 0.15) is 12.5 Å². The second kappa shape index (κ2) is 6.96. The van der Waals surface area contributed by atoms with E-state index >= 15 is 0 Å². The number of rotatable bonds is 4. The van der Waals surface area contributed by atoms with Crippen LogP contribution in [0, 0.1) is 6.92 Å². The lowest BCUT2D eigenvalue weighted by Crippen LogP contribution is -2.30. The minimum atomic E-state index is -0.596. The SMILES string of the molecule is Cc1cc(Cl)ccc1NC(=O)[C@@H](C)Oc1ccc(Br)cc1. The van der Waals surface area contributed by atoms with Crippen LogP contribution in [0.15, 0.2) is 46.9 Å². The van der Waals surface area contributed by atoms with E-state index in [1.54, 1.807) is 37.3 Å². The number of hydrogen-bond donors (Lipinski definition) is 1. The minimum Gasteiger partial charge on any atom is -0.481 e. The lowest BCUT2D eigenvalue weighted by Gasteiger charge is -2.16. The van der Waals surface area contributed by atoms with Crippen LogP contribution in [0.4, 0.5) is 5.69 Å². The summed E-state index contributed by atoms with van der Waals surface area (Å²) in [4.78, 5) is 12.1. The largest absolute Gasteiger partial charge is 0.481 e. The highest BCUT2D eigenvalue weighted by Crippen LogP contribution is 2.21. The van der Waals surface area contributed by atoms with Crippen LogP contribution in [0.3, 0.4) is 0 Å². The molecule has 0 saturated carbocycles. The van der Waals surface area contributed by atoms with Gasteiger partial charge in [-0.2, -0.15) is 0 Å². The first-order chi connectivity index (χ1) is 9.95. The number of anilines is 1. The van der Waals surface area contributed by atoms with Gasteiger partial charge in [-0.15, -0.1) is 0 Å². The van der Waals surface area contributed by atoms with E-state index in [9.17, 15) is 4.79 Å². The highest BCUT2D eigenvalue weighted by Gasteiger charge is 2.15. The zero-order valence-corrected chi connectivity index (χ0v) is 14.0. The van der Waals surface area contributed by atoms with Gasteiger partial charge in [0.2, 0.25) is 0 Å². The summed E-state index contributed by atoms with van der Waals surface area (Å²) in [7, 11) is 0. The van der Waals surface area contributed by atoms with Crippen molar-refractivity contribution in [3.8, 4) is 5.75 Å². The standard InChI is InChI=1S/C16H15BrClNO2/c1-10-9-13(18)5-8-15(10)19-16(20)11(2)21-14-6-3-12(17)4-7-14/h3-9,11H,1-2H3,(H,19,20)/t11-/m1/s1. The molecule has 0 saturated heterocycles. The van der Waals surface area contributed by atoms with E-state index in [4.69, 9.17) is 16.3 Å². The molecule has 3 nitrogen and oxygen atoms in total. The maximum Gasteiger partial charge on any atom is 0.265 e. The summed E-state index contributed by atoms with van der Waals surface area (Å²) in [6, 6.07) is 12.7. The summed E-state index contributed by atoms with van der Waals surface area (Å²) in [6.45, 7) is 3.60. The van der Waals surface area contributed by atoms with Crippen molar-refractivity contribution in [2.45, 2.75) is 20.0 Å². The molecule has 5 heteroatoms. The van der Waals surface area contributed by atoms with Gasteiger partial charge >= 0.3 is 0 Å². The topological polar surface area (TPSA) is 38.3 Å². The van der Waals surface area contributed by atoms with Crippen LogP contribution in [0.25, 0.3) is 0 Å². The van der Waals surface area contributed by atoms with Crippen LogP contribution >= 0.6 is 27.5 Å². The molecule has 0 aromatic heterocycles. The maximum atomic E-state index is 12.1. The van der Waals surface area contributed by atoms with Crippen molar-refractivity contribution in [3.63, 3.8) is 0 Å². The maximum absolute atomic E-state index is 12.1. The Kier molecular flexibility index (Phi) is 5.26. The fourth-order valence-corrected chi connectivity index (χ4v) is 2.26. The van der Waals surface area contributed by atoms with Crippen LogP contribution in [-0.4, -0.2) is 12.0 Å². The van der Waals surface area contributed by atoms with Gasteiger partial charge < -0.3 is 10.1 Å². The lowest BCUT2D eigenvalue weighted by atomic mass is 10.2. The highest BCUT2D eigenvalue weighted by molar-refractivity contribution is 9.10. The number of carbonyl (C=O) groups is 1. The van der Waals surface area contributed by atoms with Gasteiger partial charge in [-0.25, -0.2) is 0 Å². The summed E-state index contributed by atoms with van der Waals surface area (Å²) in [5.41, 5.74) is 1.64. The van der Waals surface area contributed by atoms with E-state index in [1.165, 1.54) is 0 Å². The smallest absolute Gasteiger partial charge is 0.265 e. The Morgan fingerprint density at radius 3 is 2.52 bits per heavy atom. The van der Waals surface area contributed by atoms with Gasteiger partial charge in [-0.1, -0.05) is 27.5 Å². The first-order valence-corrected chi connectivity index (χ1v) is 7.62. The number of aryl methyl sites for hydroxylation is 1. The summed E-state index contributed by atoms with van der Waals surface area (Å²) in [5, 5.41) is 3.48. The fraction of sp³-hybridized carbons (Fsp3) is 0.188. The number of benzene rings is 2. The zero-order valence-electron chi connectivity index (χ0n) is 11.7. The first kappa shape index (κ1) is 15.9. The number of ether oxygens (including phenoxy) is 1. The zero-order chi connectivity index (χ0) is 15.4. The summed E-state index contributed by atoms with van der Waals surface area (Å²) < 4.78 is 6.57. The lowest BCUT2D eigenvalue weighted by molar-refractivity contribution is -0.122. The van der Waals surface area contributed by atoms with Gasteiger partial charge in [0.15, 0.2) is 6.10 Å². The van der Waals surface area contributed by atoms with Crippen molar-refractivity contribution in [1.29, 1.82) is 0 Å². The number of hydrogen-bond acceptors (Lipinski definition) is 2. The van der Waals surface area contributed by atoms with Gasteiger partial charge in [-0.05, 0) is 61.9 Å².